The van der Waals surface area contributed by atoms with Gasteiger partial charge in [-0.1, -0.05) is 66.7 Å². The van der Waals surface area contributed by atoms with Gasteiger partial charge in [-0.25, -0.2) is 0 Å². The summed E-state index contributed by atoms with van der Waals surface area (Å²) in [6, 6.07) is 25.9. The first-order chi connectivity index (χ1) is 16.2. The molecule has 1 aliphatic rings. The number of rotatable bonds is 4. The Hall–Kier alpha value is -3.08. The highest BCUT2D eigenvalue weighted by Crippen LogP contribution is 2.37. The molecule has 0 N–H and O–H groups in total. The molecule has 0 saturated carbocycles. The minimum atomic E-state index is -0.385. The van der Waals surface area contributed by atoms with Crippen LogP contribution in [0.2, 0.25) is 0 Å². The zero-order valence-corrected chi connectivity index (χ0v) is 20.9. The van der Waals surface area contributed by atoms with Crippen LogP contribution in [0.5, 0.6) is 0 Å². The van der Waals surface area contributed by atoms with E-state index in [0.29, 0.717) is 0 Å². The van der Waals surface area contributed by atoms with E-state index < -0.39 is 0 Å². The summed E-state index contributed by atoms with van der Waals surface area (Å²) in [5.41, 5.74) is 7.50. The van der Waals surface area contributed by atoms with Crippen molar-refractivity contribution in [1.82, 2.24) is 4.57 Å². The van der Waals surface area contributed by atoms with Gasteiger partial charge in [0.2, 0.25) is 0 Å². The van der Waals surface area contributed by atoms with Crippen molar-refractivity contribution < 1.29 is 9.31 Å². The second-order valence-electron chi connectivity index (χ2n) is 10.1. The van der Waals surface area contributed by atoms with E-state index in [1.807, 2.05) is 6.07 Å². The van der Waals surface area contributed by atoms with Crippen LogP contribution in [0, 0.1) is 6.92 Å². The number of allylic oxidation sites excluding steroid dienone is 1. The first-order valence-electron chi connectivity index (χ1n) is 12.0. The van der Waals surface area contributed by atoms with E-state index in [-0.39, 0.29) is 18.3 Å². The van der Waals surface area contributed by atoms with E-state index in [2.05, 4.69) is 125 Å². The number of fused-ring (bicyclic) bond motifs is 1. The largest absolute Gasteiger partial charge is 0.494 e. The summed E-state index contributed by atoms with van der Waals surface area (Å²) in [5, 5.41) is 1.23. The van der Waals surface area contributed by atoms with Crippen LogP contribution in [0.4, 0.5) is 0 Å². The minimum Gasteiger partial charge on any atom is -0.399 e. The first kappa shape index (κ1) is 22.7. The predicted octanol–water partition coefficient (Wildman–Crippen LogP) is 6.94. The topological polar surface area (TPSA) is 23.4 Å². The van der Waals surface area contributed by atoms with Crippen molar-refractivity contribution in [3.05, 3.63) is 90.1 Å². The van der Waals surface area contributed by atoms with Crippen LogP contribution in [0.15, 0.2) is 78.9 Å². The number of aromatic nitrogens is 1. The molecule has 4 aromatic rings. The van der Waals surface area contributed by atoms with E-state index in [0.717, 1.165) is 16.7 Å². The van der Waals surface area contributed by atoms with Crippen molar-refractivity contribution in [2.45, 2.75) is 52.7 Å². The number of hydrogen-bond donors (Lipinski definition) is 0. The lowest BCUT2D eigenvalue weighted by atomic mass is 9.78. The van der Waals surface area contributed by atoms with Crippen LogP contribution in [0.1, 0.15) is 45.9 Å². The molecule has 1 aliphatic heterocycles. The molecule has 0 radical (unpaired) electrons. The van der Waals surface area contributed by atoms with Gasteiger partial charge in [0.15, 0.2) is 0 Å². The lowest BCUT2D eigenvalue weighted by molar-refractivity contribution is 0.00578. The molecule has 0 atom stereocenters. The molecule has 3 nitrogen and oxygen atoms in total. The Morgan fingerprint density at radius 2 is 1.41 bits per heavy atom. The SMILES string of the molecule is C/C=C\c1c(C)n(-c2ccc(-c3ccccc3)cc2)c2cc(B3OC(C)(C)C(C)(C)O3)ccc12. The maximum absolute atomic E-state index is 6.35. The Morgan fingerprint density at radius 1 is 0.794 bits per heavy atom. The van der Waals surface area contributed by atoms with E-state index in [1.54, 1.807) is 0 Å². The summed E-state index contributed by atoms with van der Waals surface area (Å²) in [6.07, 6.45) is 4.30. The smallest absolute Gasteiger partial charge is 0.399 e. The van der Waals surface area contributed by atoms with Crippen molar-refractivity contribution in [3.8, 4) is 16.8 Å². The average Bonchev–Trinajstić information content (AvgIpc) is 3.22. The van der Waals surface area contributed by atoms with Crippen molar-refractivity contribution in [3.63, 3.8) is 0 Å². The molecular weight excluding hydrogens is 417 g/mol. The molecule has 0 unspecified atom stereocenters. The minimum absolute atomic E-state index is 0.367. The molecule has 2 heterocycles. The zero-order chi connectivity index (χ0) is 24.1. The molecule has 0 spiro atoms. The highest BCUT2D eigenvalue weighted by molar-refractivity contribution is 6.62. The molecule has 1 fully saturated rings. The summed E-state index contributed by atoms with van der Waals surface area (Å²) in [4.78, 5) is 0. The van der Waals surface area contributed by atoms with Gasteiger partial charge in [0.25, 0.3) is 0 Å². The molecule has 34 heavy (non-hydrogen) atoms. The van der Waals surface area contributed by atoms with Crippen LogP contribution in [0.25, 0.3) is 33.8 Å². The quantitative estimate of drug-likeness (QED) is 0.315. The number of nitrogens with zero attached hydrogens (tertiary/aromatic N) is 1. The lowest BCUT2D eigenvalue weighted by Gasteiger charge is -2.32. The normalized spacial score (nSPS) is 17.2. The maximum atomic E-state index is 6.35. The molecule has 4 heteroatoms. The Bertz CT molecular complexity index is 1350. The fourth-order valence-corrected chi connectivity index (χ4v) is 4.73. The fourth-order valence-electron chi connectivity index (χ4n) is 4.73. The Morgan fingerprint density at radius 3 is 2.03 bits per heavy atom. The van der Waals surface area contributed by atoms with Crippen molar-refractivity contribution >= 4 is 29.6 Å². The van der Waals surface area contributed by atoms with Gasteiger partial charge in [0.1, 0.15) is 0 Å². The summed E-state index contributed by atoms with van der Waals surface area (Å²) in [5.74, 6) is 0. The summed E-state index contributed by atoms with van der Waals surface area (Å²) in [7, 11) is -0.385. The Labute approximate surface area is 203 Å². The van der Waals surface area contributed by atoms with E-state index in [1.165, 1.54) is 27.8 Å². The zero-order valence-electron chi connectivity index (χ0n) is 20.9. The molecule has 3 aromatic carbocycles. The molecule has 5 rings (SSSR count). The van der Waals surface area contributed by atoms with Crippen LogP contribution < -0.4 is 5.46 Å². The molecule has 0 bridgehead atoms. The van der Waals surface area contributed by atoms with Crippen LogP contribution >= 0.6 is 0 Å². The third-order valence-corrected chi connectivity index (χ3v) is 7.37. The van der Waals surface area contributed by atoms with Gasteiger partial charge in [-0.2, -0.15) is 0 Å². The van der Waals surface area contributed by atoms with Gasteiger partial charge in [0.05, 0.1) is 16.7 Å². The predicted molar refractivity (Wildman–Crippen MR) is 144 cm³/mol. The Kier molecular flexibility index (Phi) is 5.54. The molecule has 1 aromatic heterocycles. The third kappa shape index (κ3) is 3.71. The third-order valence-electron chi connectivity index (χ3n) is 7.37. The highest BCUT2D eigenvalue weighted by Gasteiger charge is 2.51. The lowest BCUT2D eigenvalue weighted by Crippen LogP contribution is -2.41. The van der Waals surface area contributed by atoms with Gasteiger partial charge < -0.3 is 13.9 Å². The van der Waals surface area contributed by atoms with Gasteiger partial charge in [0, 0.05) is 22.3 Å². The fraction of sp³-hybridized carbons (Fsp3) is 0.267. The van der Waals surface area contributed by atoms with Crippen LogP contribution in [0.3, 0.4) is 0 Å². The molecular formula is C30H32BNO2. The average molecular weight is 449 g/mol. The first-order valence-corrected chi connectivity index (χ1v) is 12.0. The van der Waals surface area contributed by atoms with Gasteiger partial charge >= 0.3 is 7.12 Å². The highest BCUT2D eigenvalue weighted by atomic mass is 16.7. The monoisotopic (exact) mass is 449 g/mol. The number of benzene rings is 3. The second-order valence-corrected chi connectivity index (χ2v) is 10.1. The second kappa shape index (κ2) is 8.30. The molecule has 172 valence electrons. The van der Waals surface area contributed by atoms with Crippen LogP contribution in [-0.4, -0.2) is 22.9 Å². The van der Waals surface area contributed by atoms with Gasteiger partial charge in [-0.05, 0) is 76.3 Å². The molecule has 0 aliphatic carbocycles. The maximum Gasteiger partial charge on any atom is 0.494 e. The van der Waals surface area contributed by atoms with Crippen molar-refractivity contribution in [1.29, 1.82) is 0 Å². The Balaban J connectivity index is 1.62. The van der Waals surface area contributed by atoms with E-state index in [9.17, 15) is 0 Å². The summed E-state index contributed by atoms with van der Waals surface area (Å²) < 4.78 is 15.0. The summed E-state index contributed by atoms with van der Waals surface area (Å²) in [6.45, 7) is 12.6. The summed E-state index contributed by atoms with van der Waals surface area (Å²) >= 11 is 0. The van der Waals surface area contributed by atoms with E-state index in [4.69, 9.17) is 9.31 Å². The molecule has 1 saturated heterocycles. The molecule has 0 amide bonds. The van der Waals surface area contributed by atoms with Gasteiger partial charge in [-0.15, -0.1) is 0 Å². The van der Waals surface area contributed by atoms with Crippen LogP contribution in [-0.2, 0) is 9.31 Å². The van der Waals surface area contributed by atoms with Crippen molar-refractivity contribution in [2.75, 3.05) is 0 Å². The standard InChI is InChI=1S/C30H32BNO2/c1-7-11-26-21(2)32(25-17-14-23(15-18-25)22-12-9-8-10-13-22)28-20-24(16-19-27(26)28)31-33-29(3,4)30(5,6)34-31/h7-20H,1-6H3/b11-7-. The van der Waals surface area contributed by atoms with E-state index >= 15 is 0 Å². The number of hydrogen-bond acceptors (Lipinski definition) is 2. The van der Waals surface area contributed by atoms with Crippen molar-refractivity contribution in [2.24, 2.45) is 0 Å². The van der Waals surface area contributed by atoms with Gasteiger partial charge in [-0.3, -0.25) is 0 Å².